The molecule has 0 aromatic heterocycles. The van der Waals surface area contributed by atoms with Crippen molar-refractivity contribution < 1.29 is 14.6 Å². The molecule has 11 heavy (non-hydrogen) atoms. The lowest BCUT2D eigenvalue weighted by Crippen LogP contribution is -2.33. The molecule has 3 nitrogen and oxygen atoms in total. The Morgan fingerprint density at radius 1 is 1.55 bits per heavy atom. The highest BCUT2D eigenvalue weighted by Gasteiger charge is 2.36. The molecule has 3 heteroatoms. The summed E-state index contributed by atoms with van der Waals surface area (Å²) < 4.78 is 10.8. The second-order valence-corrected chi connectivity index (χ2v) is 3.76. The van der Waals surface area contributed by atoms with E-state index in [-0.39, 0.29) is 24.4 Å². The van der Waals surface area contributed by atoms with Gasteiger partial charge in [-0.3, -0.25) is 0 Å². The smallest absolute Gasteiger partial charge is 0.165 e. The molecule has 66 valence electrons. The molecule has 1 fully saturated rings. The van der Waals surface area contributed by atoms with Crippen LogP contribution in [0.15, 0.2) is 0 Å². The fraction of sp³-hybridized carbons (Fsp3) is 1.00. The van der Waals surface area contributed by atoms with Crippen LogP contribution in [0.1, 0.15) is 20.8 Å². The Kier molecular flexibility index (Phi) is 2.52. The molecule has 0 amide bonds. The monoisotopic (exact) mass is 160 g/mol. The molecule has 2 unspecified atom stereocenters. The first-order chi connectivity index (χ1) is 5.06. The minimum atomic E-state index is -0.287. The molecule has 2 atom stereocenters. The zero-order valence-electron chi connectivity index (χ0n) is 7.33. The van der Waals surface area contributed by atoms with Gasteiger partial charge in [0.15, 0.2) is 6.29 Å². The van der Waals surface area contributed by atoms with Crippen molar-refractivity contribution in [1.82, 2.24) is 0 Å². The second-order valence-electron chi connectivity index (χ2n) is 3.76. The molecule has 1 aliphatic rings. The molecule has 0 spiro atoms. The van der Waals surface area contributed by atoms with Gasteiger partial charge in [-0.05, 0) is 6.92 Å². The zero-order valence-corrected chi connectivity index (χ0v) is 7.33. The van der Waals surface area contributed by atoms with Crippen LogP contribution < -0.4 is 0 Å². The van der Waals surface area contributed by atoms with Gasteiger partial charge in [-0.2, -0.15) is 0 Å². The summed E-state index contributed by atoms with van der Waals surface area (Å²) in [4.78, 5) is 0. The van der Waals surface area contributed by atoms with E-state index in [1.807, 2.05) is 20.8 Å². The minimum absolute atomic E-state index is 0.0877. The van der Waals surface area contributed by atoms with Gasteiger partial charge in [0.25, 0.3) is 0 Å². The molecule has 0 aliphatic carbocycles. The lowest BCUT2D eigenvalue weighted by atomic mass is 9.94. The van der Waals surface area contributed by atoms with Crippen molar-refractivity contribution in [1.29, 1.82) is 0 Å². The summed E-state index contributed by atoms with van der Waals surface area (Å²) in [5, 5.41) is 8.98. The van der Waals surface area contributed by atoms with E-state index in [2.05, 4.69) is 0 Å². The molecule has 0 bridgehead atoms. The highest BCUT2D eigenvalue weighted by Crippen LogP contribution is 2.28. The number of hydrogen-bond acceptors (Lipinski definition) is 3. The van der Waals surface area contributed by atoms with Gasteiger partial charge in [0, 0.05) is 5.41 Å². The molecule has 1 heterocycles. The van der Waals surface area contributed by atoms with Crippen LogP contribution in [0.4, 0.5) is 0 Å². The average molecular weight is 160 g/mol. The standard InChI is InChI=1S/C8H16O3/c1-6-4-10-7(11-6)8(2,3)5-9/h6-7,9H,4-5H2,1-3H3. The number of aliphatic hydroxyl groups excluding tert-OH is 1. The van der Waals surface area contributed by atoms with Crippen LogP contribution in [0, 0.1) is 5.41 Å². The molecular weight excluding hydrogens is 144 g/mol. The van der Waals surface area contributed by atoms with Crippen LogP contribution in [0.25, 0.3) is 0 Å². The first kappa shape index (κ1) is 8.97. The second kappa shape index (κ2) is 3.09. The minimum Gasteiger partial charge on any atom is -0.396 e. The number of rotatable bonds is 2. The first-order valence-corrected chi connectivity index (χ1v) is 3.94. The van der Waals surface area contributed by atoms with Crippen LogP contribution in [-0.2, 0) is 9.47 Å². The van der Waals surface area contributed by atoms with Crippen molar-refractivity contribution >= 4 is 0 Å². The number of hydrogen-bond donors (Lipinski definition) is 1. The average Bonchev–Trinajstić information content (AvgIpc) is 2.36. The van der Waals surface area contributed by atoms with Crippen LogP contribution in [-0.4, -0.2) is 30.7 Å². The summed E-state index contributed by atoms with van der Waals surface area (Å²) in [6, 6.07) is 0. The van der Waals surface area contributed by atoms with Crippen molar-refractivity contribution in [2.24, 2.45) is 5.41 Å². The maximum Gasteiger partial charge on any atom is 0.165 e. The molecule has 1 rings (SSSR count). The molecule has 0 radical (unpaired) electrons. The van der Waals surface area contributed by atoms with Gasteiger partial charge in [0.1, 0.15) is 0 Å². The third-order valence-electron chi connectivity index (χ3n) is 1.88. The Labute approximate surface area is 67.3 Å². The summed E-state index contributed by atoms with van der Waals surface area (Å²) in [7, 11) is 0. The first-order valence-electron chi connectivity index (χ1n) is 3.94. The van der Waals surface area contributed by atoms with Crippen LogP contribution in [0.2, 0.25) is 0 Å². The fourth-order valence-corrected chi connectivity index (χ4v) is 0.997. The van der Waals surface area contributed by atoms with Gasteiger partial charge in [0.2, 0.25) is 0 Å². The molecular formula is C8H16O3. The van der Waals surface area contributed by atoms with E-state index in [4.69, 9.17) is 14.6 Å². The third-order valence-corrected chi connectivity index (χ3v) is 1.88. The largest absolute Gasteiger partial charge is 0.396 e. The van der Waals surface area contributed by atoms with E-state index in [9.17, 15) is 0 Å². The maximum atomic E-state index is 8.98. The van der Waals surface area contributed by atoms with Gasteiger partial charge < -0.3 is 14.6 Å². The molecule has 0 aromatic rings. The van der Waals surface area contributed by atoms with Gasteiger partial charge in [-0.15, -0.1) is 0 Å². The maximum absolute atomic E-state index is 8.98. The van der Waals surface area contributed by atoms with Crippen molar-refractivity contribution in [3.63, 3.8) is 0 Å². The molecule has 1 N–H and O–H groups in total. The third kappa shape index (κ3) is 1.92. The Balaban J connectivity index is 2.48. The molecule has 0 aromatic carbocycles. The van der Waals surface area contributed by atoms with E-state index < -0.39 is 0 Å². The highest BCUT2D eigenvalue weighted by atomic mass is 16.7. The van der Waals surface area contributed by atoms with Crippen molar-refractivity contribution in [3.8, 4) is 0 Å². The van der Waals surface area contributed by atoms with E-state index in [0.717, 1.165) is 0 Å². The van der Waals surface area contributed by atoms with Gasteiger partial charge >= 0.3 is 0 Å². The number of aliphatic hydroxyl groups is 1. The van der Waals surface area contributed by atoms with Crippen LogP contribution in [0.5, 0.6) is 0 Å². The lowest BCUT2D eigenvalue weighted by Gasteiger charge is -2.27. The summed E-state index contributed by atoms with van der Waals surface area (Å²) in [5.74, 6) is 0. The van der Waals surface area contributed by atoms with E-state index in [1.54, 1.807) is 0 Å². The van der Waals surface area contributed by atoms with Gasteiger partial charge in [-0.25, -0.2) is 0 Å². The lowest BCUT2D eigenvalue weighted by molar-refractivity contribution is -0.142. The predicted octanol–water partition coefficient (Wildman–Crippen LogP) is 0.766. The number of ether oxygens (including phenoxy) is 2. The molecule has 1 aliphatic heterocycles. The summed E-state index contributed by atoms with van der Waals surface area (Å²) >= 11 is 0. The van der Waals surface area contributed by atoms with Crippen LogP contribution >= 0.6 is 0 Å². The summed E-state index contributed by atoms with van der Waals surface area (Å²) in [5.41, 5.74) is -0.287. The summed E-state index contributed by atoms with van der Waals surface area (Å²) in [6.45, 7) is 6.54. The van der Waals surface area contributed by atoms with Crippen LogP contribution in [0.3, 0.4) is 0 Å². The normalized spacial score (nSPS) is 32.7. The highest BCUT2D eigenvalue weighted by molar-refractivity contribution is 4.76. The van der Waals surface area contributed by atoms with E-state index >= 15 is 0 Å². The van der Waals surface area contributed by atoms with Crippen molar-refractivity contribution in [2.75, 3.05) is 13.2 Å². The topological polar surface area (TPSA) is 38.7 Å². The Morgan fingerprint density at radius 2 is 2.18 bits per heavy atom. The Hall–Kier alpha value is -0.120. The quantitative estimate of drug-likeness (QED) is 0.648. The fourth-order valence-electron chi connectivity index (χ4n) is 0.997. The zero-order chi connectivity index (χ0) is 8.48. The SMILES string of the molecule is CC1COC(C(C)(C)CO)O1. The van der Waals surface area contributed by atoms with Crippen molar-refractivity contribution in [2.45, 2.75) is 33.2 Å². The molecule has 1 saturated heterocycles. The Bertz CT molecular complexity index is 133. The van der Waals surface area contributed by atoms with E-state index in [0.29, 0.717) is 6.61 Å². The summed E-state index contributed by atoms with van der Waals surface area (Å²) in [6.07, 6.45) is -0.0895. The van der Waals surface area contributed by atoms with Gasteiger partial charge in [-0.1, -0.05) is 13.8 Å². The predicted molar refractivity (Wildman–Crippen MR) is 41.2 cm³/mol. The van der Waals surface area contributed by atoms with Gasteiger partial charge in [0.05, 0.1) is 19.3 Å². The van der Waals surface area contributed by atoms with Crippen molar-refractivity contribution in [3.05, 3.63) is 0 Å². The van der Waals surface area contributed by atoms with E-state index in [1.165, 1.54) is 0 Å². The molecule has 0 saturated carbocycles. The Morgan fingerprint density at radius 3 is 2.55 bits per heavy atom.